The predicted octanol–water partition coefficient (Wildman–Crippen LogP) is 5.86. The Kier molecular flexibility index (Phi) is 8.34. The third-order valence-electron chi connectivity index (χ3n) is 9.85. The van der Waals surface area contributed by atoms with Gasteiger partial charge >= 0.3 is 6.01 Å². The van der Waals surface area contributed by atoms with E-state index in [4.69, 9.17) is 31.0 Å². The van der Waals surface area contributed by atoms with Crippen molar-refractivity contribution in [2.75, 3.05) is 44.7 Å². The molecule has 3 fully saturated rings. The molecule has 0 radical (unpaired) electrons. The quantitative estimate of drug-likeness (QED) is 0.246. The fraction of sp³-hybridized carbons (Fsp3) is 0.486. The molecular weight excluding hydrogens is 621 g/mol. The zero-order valence-corrected chi connectivity index (χ0v) is 28.3. The highest BCUT2D eigenvalue weighted by Crippen LogP contribution is 2.48. The van der Waals surface area contributed by atoms with Crippen LogP contribution in [0.3, 0.4) is 0 Å². The lowest BCUT2D eigenvalue weighted by atomic mass is 9.93. The van der Waals surface area contributed by atoms with E-state index in [1.807, 2.05) is 46.9 Å². The van der Waals surface area contributed by atoms with E-state index >= 15 is 4.39 Å². The molecule has 1 saturated carbocycles. The summed E-state index contributed by atoms with van der Waals surface area (Å²) in [5.74, 6) is 0.188. The second kappa shape index (κ2) is 12.3. The van der Waals surface area contributed by atoms with Crippen LogP contribution in [0.15, 0.2) is 30.9 Å². The van der Waals surface area contributed by atoms with Crippen LogP contribution in [0.1, 0.15) is 50.8 Å². The fourth-order valence-electron chi connectivity index (χ4n) is 7.06. The molecule has 4 heterocycles. The monoisotopic (exact) mass is 661 g/mol. The standard InChI is InChI=1S/C35H41ClFN7O3/c1-7-27(45)43-15-20(4)44(16-19(43)3)34-23-14-24(36)29(28-18(2)8-11-25-30(28)32(41-40-25)22-9-10-22)31(37)33(23)38-35(39-34)47-21(5)26-17-42(6)12-13-46-26/h7-8,11,14,19-22,26H,1,9-10,12-13,15-17H2,2-6H3,(H,40,41)/t19-,20+,21?,26?/m1/s1. The zero-order valence-electron chi connectivity index (χ0n) is 27.5. The Morgan fingerprint density at radius 1 is 1.19 bits per heavy atom. The van der Waals surface area contributed by atoms with Crippen molar-refractivity contribution in [2.24, 2.45) is 0 Å². The Labute approximate surface area is 278 Å². The molecule has 0 spiro atoms. The average Bonchev–Trinajstić information content (AvgIpc) is 3.81. The number of amides is 1. The summed E-state index contributed by atoms with van der Waals surface area (Å²) in [6.45, 7) is 14.6. The summed E-state index contributed by atoms with van der Waals surface area (Å²) < 4.78 is 29.6. The predicted molar refractivity (Wildman–Crippen MR) is 182 cm³/mol. The Morgan fingerprint density at radius 2 is 1.98 bits per heavy atom. The van der Waals surface area contributed by atoms with Crippen LogP contribution in [0, 0.1) is 12.7 Å². The van der Waals surface area contributed by atoms with Gasteiger partial charge in [0.1, 0.15) is 23.5 Å². The third kappa shape index (κ3) is 5.72. The molecular formula is C35H41ClFN7O3. The molecule has 10 nitrogen and oxygen atoms in total. The summed E-state index contributed by atoms with van der Waals surface area (Å²) >= 11 is 7.07. The van der Waals surface area contributed by atoms with Gasteiger partial charge in [-0.3, -0.25) is 9.89 Å². The zero-order chi connectivity index (χ0) is 33.1. The Balaban J connectivity index is 1.39. The van der Waals surface area contributed by atoms with Crippen LogP contribution in [0.2, 0.25) is 5.02 Å². The van der Waals surface area contributed by atoms with Gasteiger partial charge in [-0.2, -0.15) is 15.1 Å². The summed E-state index contributed by atoms with van der Waals surface area (Å²) in [6, 6.07) is 5.49. The number of nitrogens with one attached hydrogen (secondary N) is 1. The van der Waals surface area contributed by atoms with E-state index in [9.17, 15) is 4.79 Å². The summed E-state index contributed by atoms with van der Waals surface area (Å²) in [4.78, 5) is 28.3. The molecule has 1 N–H and O–H groups in total. The topological polar surface area (TPSA) is 99.7 Å². The number of likely N-dealkylation sites (N-methyl/N-ethyl adjacent to an activating group) is 1. The number of carbonyl (C=O) groups is 1. The molecule has 1 amide bonds. The maximum atomic E-state index is 17.3. The molecule has 2 aliphatic heterocycles. The van der Waals surface area contributed by atoms with Gasteiger partial charge in [0.2, 0.25) is 5.91 Å². The molecule has 7 rings (SSSR count). The number of ether oxygens (including phenoxy) is 2. The Hall–Kier alpha value is -3.80. The van der Waals surface area contributed by atoms with E-state index in [0.29, 0.717) is 43.4 Å². The lowest BCUT2D eigenvalue weighted by molar-refractivity contribution is -0.128. The highest BCUT2D eigenvalue weighted by Gasteiger charge is 2.35. The minimum Gasteiger partial charge on any atom is -0.458 e. The van der Waals surface area contributed by atoms with Crippen molar-refractivity contribution in [1.82, 2.24) is 30.0 Å². The number of carbonyl (C=O) groups excluding carboxylic acids is 1. The van der Waals surface area contributed by atoms with E-state index in [0.717, 1.165) is 47.1 Å². The molecule has 2 unspecified atom stereocenters. The van der Waals surface area contributed by atoms with E-state index in [2.05, 4.69) is 26.6 Å². The molecule has 4 atom stereocenters. The Bertz CT molecular complexity index is 1880. The number of hydrogen-bond donors (Lipinski definition) is 1. The number of fused-ring (bicyclic) bond motifs is 2. The molecule has 2 saturated heterocycles. The van der Waals surface area contributed by atoms with Crippen LogP contribution in [-0.2, 0) is 9.53 Å². The van der Waals surface area contributed by atoms with Crippen LogP contribution >= 0.6 is 11.6 Å². The smallest absolute Gasteiger partial charge is 0.319 e. The molecule has 248 valence electrons. The van der Waals surface area contributed by atoms with E-state index in [1.165, 1.54) is 6.08 Å². The van der Waals surface area contributed by atoms with Crippen molar-refractivity contribution in [3.63, 3.8) is 0 Å². The van der Waals surface area contributed by atoms with E-state index < -0.39 is 5.82 Å². The number of piperazine rings is 1. The van der Waals surface area contributed by atoms with Crippen molar-refractivity contribution >= 4 is 45.1 Å². The molecule has 3 aliphatic rings. The maximum Gasteiger partial charge on any atom is 0.319 e. The number of H-pyrrole nitrogens is 1. The first-order chi connectivity index (χ1) is 22.5. The highest BCUT2D eigenvalue weighted by molar-refractivity contribution is 6.35. The molecule has 1 aliphatic carbocycles. The summed E-state index contributed by atoms with van der Waals surface area (Å²) in [6.07, 6.45) is 2.86. The first kappa shape index (κ1) is 31.8. The van der Waals surface area contributed by atoms with Crippen molar-refractivity contribution in [3.8, 4) is 17.1 Å². The largest absolute Gasteiger partial charge is 0.458 e. The molecule has 2 aromatic carbocycles. The van der Waals surface area contributed by atoms with Gasteiger partial charge in [-0.15, -0.1) is 0 Å². The van der Waals surface area contributed by atoms with Gasteiger partial charge in [0.15, 0.2) is 5.82 Å². The second-order valence-corrected chi connectivity index (χ2v) is 13.8. The van der Waals surface area contributed by atoms with Crippen LogP contribution in [0.5, 0.6) is 6.01 Å². The van der Waals surface area contributed by atoms with E-state index in [1.54, 1.807) is 11.0 Å². The number of nitrogens with zero attached hydrogens (tertiary/aromatic N) is 6. The molecule has 4 aromatic rings. The number of hydrogen-bond acceptors (Lipinski definition) is 8. The molecule has 2 aromatic heterocycles. The van der Waals surface area contributed by atoms with Gasteiger partial charge in [-0.25, -0.2) is 4.39 Å². The summed E-state index contributed by atoms with van der Waals surface area (Å²) in [5.41, 5.74) is 3.81. The lowest BCUT2D eigenvalue weighted by Crippen LogP contribution is -2.58. The normalized spacial score (nSPS) is 23.0. The van der Waals surface area contributed by atoms with Crippen molar-refractivity contribution in [2.45, 2.75) is 70.7 Å². The fourth-order valence-corrected chi connectivity index (χ4v) is 7.35. The van der Waals surface area contributed by atoms with Crippen LogP contribution in [0.25, 0.3) is 32.9 Å². The number of morpholine rings is 1. The molecule has 0 bridgehead atoms. The van der Waals surface area contributed by atoms with Crippen molar-refractivity contribution in [1.29, 1.82) is 0 Å². The van der Waals surface area contributed by atoms with Crippen LogP contribution in [-0.4, -0.2) is 100.0 Å². The van der Waals surface area contributed by atoms with Gasteiger partial charge in [0.05, 0.1) is 22.8 Å². The summed E-state index contributed by atoms with van der Waals surface area (Å²) in [7, 11) is 2.05. The SMILES string of the molecule is C=CC(=O)N1C[C@H](C)N(c2nc(OC(C)C3CN(C)CCO3)nc3c(F)c(-c4c(C)ccc5[nH]nc(C6CC6)c45)c(Cl)cc23)C[C@H]1C. The van der Waals surface area contributed by atoms with Gasteiger partial charge in [0, 0.05) is 66.1 Å². The first-order valence-electron chi connectivity index (χ1n) is 16.4. The number of aryl methyl sites for hydroxylation is 1. The van der Waals surface area contributed by atoms with E-state index in [-0.39, 0.29) is 52.3 Å². The summed E-state index contributed by atoms with van der Waals surface area (Å²) in [5, 5.41) is 9.42. The minimum atomic E-state index is -0.540. The van der Waals surface area contributed by atoms with Crippen LogP contribution in [0.4, 0.5) is 10.2 Å². The Morgan fingerprint density at radius 3 is 2.70 bits per heavy atom. The minimum absolute atomic E-state index is 0.0605. The molecule has 47 heavy (non-hydrogen) atoms. The van der Waals surface area contributed by atoms with Gasteiger partial charge in [-0.05, 0) is 71.4 Å². The maximum absolute atomic E-state index is 17.3. The first-order valence-corrected chi connectivity index (χ1v) is 16.8. The van der Waals surface area contributed by atoms with Gasteiger partial charge < -0.3 is 24.2 Å². The lowest BCUT2D eigenvalue weighted by Gasteiger charge is -2.44. The van der Waals surface area contributed by atoms with Crippen molar-refractivity contribution < 1.29 is 18.7 Å². The average molecular weight is 662 g/mol. The number of anilines is 1. The number of aromatic amines is 1. The van der Waals surface area contributed by atoms with Gasteiger partial charge in [-0.1, -0.05) is 24.2 Å². The van der Waals surface area contributed by atoms with Crippen LogP contribution < -0.4 is 9.64 Å². The number of halogens is 2. The second-order valence-electron chi connectivity index (χ2n) is 13.4. The molecule has 12 heteroatoms. The third-order valence-corrected chi connectivity index (χ3v) is 10.1. The number of rotatable bonds is 7. The highest BCUT2D eigenvalue weighted by atomic mass is 35.5. The number of aromatic nitrogens is 4. The number of benzene rings is 2. The van der Waals surface area contributed by atoms with Gasteiger partial charge in [0.25, 0.3) is 0 Å². The van der Waals surface area contributed by atoms with Crippen molar-refractivity contribution in [3.05, 3.63) is 53.0 Å².